The lowest BCUT2D eigenvalue weighted by Gasteiger charge is -2.21. The van der Waals surface area contributed by atoms with Crippen LogP contribution >= 0.6 is 0 Å². The van der Waals surface area contributed by atoms with Crippen LogP contribution in [0, 0.1) is 5.92 Å². The fourth-order valence-electron chi connectivity index (χ4n) is 1.75. The van der Waals surface area contributed by atoms with E-state index in [4.69, 9.17) is 5.73 Å². The summed E-state index contributed by atoms with van der Waals surface area (Å²) in [5.74, 6) is 0.561. The predicted octanol–water partition coefficient (Wildman–Crippen LogP) is 0.785. The van der Waals surface area contributed by atoms with E-state index >= 15 is 0 Å². The molecule has 0 aromatic rings. The first kappa shape index (κ1) is 12.9. The van der Waals surface area contributed by atoms with Crippen molar-refractivity contribution in [1.29, 1.82) is 0 Å². The molecule has 0 aliphatic heterocycles. The summed E-state index contributed by atoms with van der Waals surface area (Å²) >= 11 is 0. The summed E-state index contributed by atoms with van der Waals surface area (Å²) in [5.41, 5.74) is 5.85. The SMILES string of the molecule is CCCN(CC)S(=O)(=O)CC(N)C1CC1. The Morgan fingerprint density at radius 1 is 1.40 bits per heavy atom. The first-order chi connectivity index (χ1) is 7.01. The van der Waals surface area contributed by atoms with Gasteiger partial charge in [-0.05, 0) is 25.2 Å². The fraction of sp³-hybridized carbons (Fsp3) is 1.00. The minimum absolute atomic E-state index is 0.117. The highest BCUT2D eigenvalue weighted by Crippen LogP contribution is 2.32. The van der Waals surface area contributed by atoms with E-state index in [9.17, 15) is 8.42 Å². The van der Waals surface area contributed by atoms with Crippen molar-refractivity contribution in [2.24, 2.45) is 11.7 Å². The summed E-state index contributed by atoms with van der Waals surface area (Å²) in [6.45, 7) is 5.01. The molecule has 1 atom stereocenters. The van der Waals surface area contributed by atoms with Gasteiger partial charge in [0.05, 0.1) is 5.75 Å². The van der Waals surface area contributed by atoms with Crippen LogP contribution in [0.2, 0.25) is 0 Å². The van der Waals surface area contributed by atoms with Gasteiger partial charge in [-0.15, -0.1) is 0 Å². The molecule has 1 unspecified atom stereocenters. The van der Waals surface area contributed by atoms with Gasteiger partial charge in [-0.25, -0.2) is 12.7 Å². The van der Waals surface area contributed by atoms with E-state index in [1.54, 1.807) is 0 Å². The predicted molar refractivity (Wildman–Crippen MR) is 62.0 cm³/mol. The molecule has 0 amide bonds. The molecule has 90 valence electrons. The number of hydrogen-bond acceptors (Lipinski definition) is 3. The van der Waals surface area contributed by atoms with Crippen molar-refractivity contribution < 1.29 is 8.42 Å². The van der Waals surface area contributed by atoms with Crippen LogP contribution in [0.25, 0.3) is 0 Å². The van der Waals surface area contributed by atoms with Crippen LogP contribution in [0.15, 0.2) is 0 Å². The van der Waals surface area contributed by atoms with Crippen LogP contribution in [-0.2, 0) is 10.0 Å². The van der Waals surface area contributed by atoms with E-state index in [0.717, 1.165) is 19.3 Å². The molecule has 1 rings (SSSR count). The number of sulfonamides is 1. The second-order valence-electron chi connectivity index (χ2n) is 4.27. The normalized spacial score (nSPS) is 19.5. The average molecular weight is 234 g/mol. The lowest BCUT2D eigenvalue weighted by Crippen LogP contribution is -2.40. The first-order valence-electron chi connectivity index (χ1n) is 5.74. The number of nitrogens with two attached hydrogens (primary N) is 1. The van der Waals surface area contributed by atoms with Crippen molar-refractivity contribution in [2.45, 2.75) is 39.2 Å². The van der Waals surface area contributed by atoms with E-state index in [0.29, 0.717) is 19.0 Å². The quantitative estimate of drug-likeness (QED) is 0.708. The summed E-state index contributed by atoms with van der Waals surface area (Å²) < 4.78 is 25.4. The molecule has 5 heteroatoms. The Balaban J connectivity index is 2.54. The highest BCUT2D eigenvalue weighted by Gasteiger charge is 2.33. The summed E-state index contributed by atoms with van der Waals surface area (Å²) in [6.07, 6.45) is 3.04. The summed E-state index contributed by atoms with van der Waals surface area (Å²) in [6, 6.07) is -0.166. The van der Waals surface area contributed by atoms with E-state index in [2.05, 4.69) is 0 Å². The molecule has 4 nitrogen and oxygen atoms in total. The van der Waals surface area contributed by atoms with Crippen LogP contribution in [-0.4, -0.2) is 37.6 Å². The van der Waals surface area contributed by atoms with Crippen LogP contribution in [0.3, 0.4) is 0 Å². The molecule has 0 heterocycles. The molecule has 1 fully saturated rings. The van der Waals surface area contributed by atoms with E-state index in [1.807, 2.05) is 13.8 Å². The van der Waals surface area contributed by atoms with Crippen LogP contribution < -0.4 is 5.73 Å². The van der Waals surface area contributed by atoms with Crippen molar-refractivity contribution >= 4 is 10.0 Å². The van der Waals surface area contributed by atoms with Crippen molar-refractivity contribution in [3.05, 3.63) is 0 Å². The first-order valence-corrected chi connectivity index (χ1v) is 7.35. The Labute approximate surface area is 92.9 Å². The highest BCUT2D eigenvalue weighted by atomic mass is 32.2. The van der Waals surface area contributed by atoms with Gasteiger partial charge < -0.3 is 5.73 Å². The van der Waals surface area contributed by atoms with Gasteiger partial charge in [0.1, 0.15) is 0 Å². The van der Waals surface area contributed by atoms with Gasteiger partial charge in [0.15, 0.2) is 0 Å². The number of nitrogens with zero attached hydrogens (tertiary/aromatic N) is 1. The third kappa shape index (κ3) is 3.74. The minimum atomic E-state index is -3.13. The molecule has 0 saturated heterocycles. The largest absolute Gasteiger partial charge is 0.326 e. The zero-order chi connectivity index (χ0) is 11.5. The highest BCUT2D eigenvalue weighted by molar-refractivity contribution is 7.89. The smallest absolute Gasteiger partial charge is 0.215 e. The molecule has 0 bridgehead atoms. The van der Waals surface area contributed by atoms with Crippen LogP contribution in [0.4, 0.5) is 0 Å². The van der Waals surface area contributed by atoms with Gasteiger partial charge >= 0.3 is 0 Å². The fourth-order valence-corrected chi connectivity index (χ4v) is 3.58. The van der Waals surface area contributed by atoms with Crippen molar-refractivity contribution in [3.8, 4) is 0 Å². The summed E-state index contributed by atoms with van der Waals surface area (Å²) in [5, 5.41) is 0. The summed E-state index contributed by atoms with van der Waals surface area (Å²) in [4.78, 5) is 0. The third-order valence-electron chi connectivity index (χ3n) is 2.85. The van der Waals surface area contributed by atoms with Gasteiger partial charge in [-0.1, -0.05) is 13.8 Å². The molecule has 0 aromatic carbocycles. The van der Waals surface area contributed by atoms with Crippen LogP contribution in [0.5, 0.6) is 0 Å². The average Bonchev–Trinajstić information content (AvgIpc) is 2.95. The van der Waals surface area contributed by atoms with E-state index in [-0.39, 0.29) is 11.8 Å². The van der Waals surface area contributed by atoms with Gasteiger partial charge in [0, 0.05) is 19.1 Å². The Bertz CT molecular complexity index is 286. The molecular formula is C10H22N2O2S. The second kappa shape index (κ2) is 5.27. The van der Waals surface area contributed by atoms with Gasteiger partial charge in [0.2, 0.25) is 10.0 Å². The maximum atomic E-state index is 11.9. The second-order valence-corrected chi connectivity index (χ2v) is 6.29. The molecule has 1 saturated carbocycles. The van der Waals surface area contributed by atoms with Gasteiger partial charge in [-0.3, -0.25) is 0 Å². The maximum Gasteiger partial charge on any atom is 0.215 e. The Hall–Kier alpha value is -0.130. The summed E-state index contributed by atoms with van der Waals surface area (Å²) in [7, 11) is -3.13. The minimum Gasteiger partial charge on any atom is -0.326 e. The molecule has 0 aromatic heterocycles. The molecule has 1 aliphatic rings. The lowest BCUT2D eigenvalue weighted by molar-refractivity contribution is 0.422. The molecule has 0 radical (unpaired) electrons. The Kier molecular flexibility index (Phi) is 4.55. The van der Waals surface area contributed by atoms with E-state index < -0.39 is 10.0 Å². The van der Waals surface area contributed by atoms with Crippen molar-refractivity contribution in [3.63, 3.8) is 0 Å². The van der Waals surface area contributed by atoms with Crippen molar-refractivity contribution in [2.75, 3.05) is 18.8 Å². The molecule has 15 heavy (non-hydrogen) atoms. The topological polar surface area (TPSA) is 63.4 Å². The zero-order valence-corrected chi connectivity index (χ0v) is 10.5. The van der Waals surface area contributed by atoms with E-state index in [1.165, 1.54) is 4.31 Å². The van der Waals surface area contributed by atoms with Crippen LogP contribution in [0.1, 0.15) is 33.1 Å². The monoisotopic (exact) mass is 234 g/mol. The van der Waals surface area contributed by atoms with Gasteiger partial charge in [0.25, 0.3) is 0 Å². The maximum absolute atomic E-state index is 11.9. The third-order valence-corrected chi connectivity index (χ3v) is 4.88. The number of rotatable bonds is 7. The molecule has 0 spiro atoms. The molecule has 1 aliphatic carbocycles. The van der Waals surface area contributed by atoms with Crippen molar-refractivity contribution in [1.82, 2.24) is 4.31 Å². The Morgan fingerprint density at radius 3 is 2.40 bits per heavy atom. The standard InChI is InChI=1S/C10H22N2O2S/c1-3-7-12(4-2)15(13,14)8-10(11)9-5-6-9/h9-10H,3-8,11H2,1-2H3. The lowest BCUT2D eigenvalue weighted by atomic mass is 10.2. The van der Waals surface area contributed by atoms with Gasteiger partial charge in [-0.2, -0.15) is 0 Å². The number of hydrogen-bond donors (Lipinski definition) is 1. The zero-order valence-electron chi connectivity index (χ0n) is 9.65. The molecular weight excluding hydrogens is 212 g/mol. The molecule has 2 N–H and O–H groups in total. The Morgan fingerprint density at radius 2 is 2.00 bits per heavy atom.